The Morgan fingerprint density at radius 2 is 1.34 bits per heavy atom. The average Bonchev–Trinajstić information content (AvgIpc) is 2.98. The molecule has 4 rings (SSSR count). The number of carbonyl (C=O) groups is 1. The van der Waals surface area contributed by atoms with E-state index >= 15 is 0 Å². The van der Waals surface area contributed by atoms with Gasteiger partial charge in [-0.05, 0) is 80.9 Å². The van der Waals surface area contributed by atoms with Crippen LogP contribution in [0, 0.1) is 5.92 Å². The lowest BCUT2D eigenvalue weighted by Gasteiger charge is -2.42. The molecule has 4 nitrogen and oxygen atoms in total. The first kappa shape index (κ1) is 29.6. The predicted octanol–water partition coefficient (Wildman–Crippen LogP) is 6.74. The Hall–Kier alpha value is -2.95. The molecule has 204 valence electrons. The number of piperidine rings is 1. The Kier molecular flexibility index (Phi) is 10.7. The van der Waals surface area contributed by atoms with Crippen molar-refractivity contribution in [3.8, 4) is 0 Å². The normalized spacial score (nSPS) is 14.9. The SMILES string of the molecule is CCCc1ccc(C(C)(C)C(=O)OC)cc1.CCN1CCC(C(O)(c2ccccc2)c2ccccc2)CC1. The van der Waals surface area contributed by atoms with E-state index in [-0.39, 0.29) is 11.9 Å². The minimum absolute atomic E-state index is 0.198. The third kappa shape index (κ3) is 6.92. The molecule has 0 radical (unpaired) electrons. The Labute approximate surface area is 229 Å². The van der Waals surface area contributed by atoms with Crippen molar-refractivity contribution >= 4 is 5.97 Å². The zero-order valence-corrected chi connectivity index (χ0v) is 23.8. The van der Waals surface area contributed by atoms with Crippen molar-refractivity contribution in [2.24, 2.45) is 5.92 Å². The summed E-state index contributed by atoms with van der Waals surface area (Å²) in [4.78, 5) is 14.1. The number of nitrogens with zero attached hydrogens (tertiary/aromatic N) is 1. The monoisotopic (exact) mass is 515 g/mol. The molecule has 38 heavy (non-hydrogen) atoms. The molecule has 1 fully saturated rings. The molecule has 3 aromatic carbocycles. The fourth-order valence-electron chi connectivity index (χ4n) is 5.44. The molecule has 1 saturated heterocycles. The number of carbonyl (C=O) groups excluding carboxylic acids is 1. The summed E-state index contributed by atoms with van der Waals surface area (Å²) in [5.74, 6) is 0.0656. The van der Waals surface area contributed by atoms with Crippen LogP contribution in [-0.2, 0) is 27.0 Å². The van der Waals surface area contributed by atoms with E-state index in [9.17, 15) is 9.90 Å². The number of rotatable bonds is 8. The highest BCUT2D eigenvalue weighted by Crippen LogP contribution is 2.41. The summed E-state index contributed by atoms with van der Waals surface area (Å²) in [7, 11) is 1.43. The molecule has 1 heterocycles. The second-order valence-electron chi connectivity index (χ2n) is 10.8. The molecular formula is C34H45NO3. The third-order valence-corrected chi connectivity index (χ3v) is 7.96. The Morgan fingerprint density at radius 1 is 0.842 bits per heavy atom. The molecule has 0 spiro atoms. The fraction of sp³-hybridized carbons (Fsp3) is 0.441. The second kappa shape index (κ2) is 13.7. The van der Waals surface area contributed by atoms with Gasteiger partial charge >= 0.3 is 5.97 Å². The zero-order chi connectivity index (χ0) is 27.6. The number of methoxy groups -OCH3 is 1. The molecule has 0 bridgehead atoms. The zero-order valence-electron chi connectivity index (χ0n) is 23.8. The molecule has 1 aliphatic rings. The molecule has 0 saturated carbocycles. The van der Waals surface area contributed by atoms with Gasteiger partial charge in [0.15, 0.2) is 0 Å². The van der Waals surface area contributed by atoms with Gasteiger partial charge in [0.25, 0.3) is 0 Å². The van der Waals surface area contributed by atoms with E-state index < -0.39 is 11.0 Å². The highest BCUT2D eigenvalue weighted by Gasteiger charge is 2.41. The molecule has 4 heteroatoms. The van der Waals surface area contributed by atoms with E-state index in [1.165, 1.54) is 12.7 Å². The summed E-state index contributed by atoms with van der Waals surface area (Å²) in [6.45, 7) is 11.4. The van der Waals surface area contributed by atoms with Crippen molar-refractivity contribution in [1.29, 1.82) is 0 Å². The highest BCUT2D eigenvalue weighted by atomic mass is 16.5. The van der Waals surface area contributed by atoms with Crippen molar-refractivity contribution in [3.05, 3.63) is 107 Å². The summed E-state index contributed by atoms with van der Waals surface area (Å²) in [6.07, 6.45) is 4.29. The van der Waals surface area contributed by atoms with Gasteiger partial charge in [0, 0.05) is 0 Å². The van der Waals surface area contributed by atoms with E-state index in [2.05, 4.69) is 55.1 Å². The van der Waals surface area contributed by atoms with E-state index in [1.54, 1.807) is 0 Å². The minimum atomic E-state index is -0.887. The van der Waals surface area contributed by atoms with Gasteiger partial charge in [-0.2, -0.15) is 0 Å². The van der Waals surface area contributed by atoms with Crippen molar-refractivity contribution in [1.82, 2.24) is 4.90 Å². The summed E-state index contributed by atoms with van der Waals surface area (Å²) < 4.78 is 4.81. The van der Waals surface area contributed by atoms with Gasteiger partial charge < -0.3 is 14.7 Å². The standard InChI is InChI=1S/C20H25NO.C14H20O2/c1-2-21-15-13-19(14-16-21)20(22,17-9-5-3-6-10-17)18-11-7-4-8-12-18;1-5-6-11-7-9-12(10-8-11)14(2,3)13(15)16-4/h3-12,19,22H,2,13-16H2,1H3;7-10H,5-6H2,1-4H3. The van der Waals surface area contributed by atoms with Crippen LogP contribution in [0.4, 0.5) is 0 Å². The van der Waals surface area contributed by atoms with Crippen molar-refractivity contribution in [2.45, 2.75) is 64.4 Å². The van der Waals surface area contributed by atoms with Crippen LogP contribution in [-0.4, -0.2) is 42.7 Å². The van der Waals surface area contributed by atoms with E-state index in [4.69, 9.17) is 4.74 Å². The van der Waals surface area contributed by atoms with Crippen LogP contribution >= 0.6 is 0 Å². The van der Waals surface area contributed by atoms with Crippen molar-refractivity contribution in [2.75, 3.05) is 26.7 Å². The number of benzene rings is 3. The second-order valence-corrected chi connectivity index (χ2v) is 10.8. The first-order chi connectivity index (χ1) is 18.3. The predicted molar refractivity (Wildman–Crippen MR) is 156 cm³/mol. The quantitative estimate of drug-likeness (QED) is 0.337. The first-order valence-corrected chi connectivity index (χ1v) is 14.0. The highest BCUT2D eigenvalue weighted by molar-refractivity contribution is 5.82. The number of likely N-dealkylation sites (tertiary alicyclic amines) is 1. The number of aryl methyl sites for hydroxylation is 1. The molecule has 0 unspecified atom stereocenters. The maximum atomic E-state index is 11.7. The summed E-state index contributed by atoms with van der Waals surface area (Å²) in [6, 6.07) is 28.5. The molecule has 0 aliphatic carbocycles. The average molecular weight is 516 g/mol. The topological polar surface area (TPSA) is 49.8 Å². The molecule has 1 aliphatic heterocycles. The molecular weight excluding hydrogens is 470 g/mol. The summed E-state index contributed by atoms with van der Waals surface area (Å²) in [5, 5.41) is 11.7. The number of hydrogen-bond acceptors (Lipinski definition) is 4. The van der Waals surface area contributed by atoms with Crippen LogP contribution in [0.25, 0.3) is 0 Å². The molecule has 0 atom stereocenters. The maximum absolute atomic E-state index is 11.7. The van der Waals surface area contributed by atoms with Crippen LogP contribution in [0.5, 0.6) is 0 Å². The maximum Gasteiger partial charge on any atom is 0.315 e. The van der Waals surface area contributed by atoms with Crippen LogP contribution in [0.1, 0.15) is 69.2 Å². The number of hydrogen-bond donors (Lipinski definition) is 1. The lowest BCUT2D eigenvalue weighted by molar-refractivity contribution is -0.146. The van der Waals surface area contributed by atoms with Crippen molar-refractivity contribution < 1.29 is 14.6 Å². The molecule has 0 aromatic heterocycles. The van der Waals surface area contributed by atoms with Crippen LogP contribution in [0.3, 0.4) is 0 Å². The van der Waals surface area contributed by atoms with Gasteiger partial charge in [-0.25, -0.2) is 0 Å². The van der Waals surface area contributed by atoms with Gasteiger partial charge in [-0.1, -0.05) is 105 Å². The summed E-state index contributed by atoms with van der Waals surface area (Å²) in [5.41, 5.74) is 2.88. The van der Waals surface area contributed by atoms with E-state index in [1.807, 2.05) is 62.4 Å². The number of aliphatic hydroxyl groups is 1. The molecule has 3 aromatic rings. The third-order valence-electron chi connectivity index (χ3n) is 7.96. The van der Waals surface area contributed by atoms with Crippen molar-refractivity contribution in [3.63, 3.8) is 0 Å². The van der Waals surface area contributed by atoms with Gasteiger partial charge in [-0.3, -0.25) is 4.79 Å². The van der Waals surface area contributed by atoms with Crippen LogP contribution in [0.15, 0.2) is 84.9 Å². The Balaban J connectivity index is 0.000000223. The van der Waals surface area contributed by atoms with E-state index in [0.717, 1.165) is 62.0 Å². The van der Waals surface area contributed by atoms with Crippen LogP contribution in [0.2, 0.25) is 0 Å². The number of esters is 1. The molecule has 0 amide bonds. The van der Waals surface area contributed by atoms with Gasteiger partial charge in [-0.15, -0.1) is 0 Å². The largest absolute Gasteiger partial charge is 0.468 e. The Morgan fingerprint density at radius 3 is 1.76 bits per heavy atom. The lowest BCUT2D eigenvalue weighted by Crippen LogP contribution is -2.44. The first-order valence-electron chi connectivity index (χ1n) is 14.0. The smallest absolute Gasteiger partial charge is 0.315 e. The van der Waals surface area contributed by atoms with E-state index in [0.29, 0.717) is 0 Å². The minimum Gasteiger partial charge on any atom is -0.468 e. The lowest BCUT2D eigenvalue weighted by atomic mass is 9.72. The van der Waals surface area contributed by atoms with Gasteiger partial charge in [0.2, 0.25) is 0 Å². The Bertz CT molecular complexity index is 1060. The van der Waals surface area contributed by atoms with Crippen LogP contribution < -0.4 is 0 Å². The van der Waals surface area contributed by atoms with Gasteiger partial charge in [0.05, 0.1) is 12.5 Å². The molecule has 1 N–H and O–H groups in total. The number of ether oxygens (including phenoxy) is 1. The fourth-order valence-corrected chi connectivity index (χ4v) is 5.44. The summed E-state index contributed by atoms with van der Waals surface area (Å²) >= 11 is 0. The van der Waals surface area contributed by atoms with Gasteiger partial charge in [0.1, 0.15) is 5.60 Å².